The van der Waals surface area contributed by atoms with Gasteiger partial charge in [-0.05, 0) is 35.1 Å². The molecule has 0 aliphatic rings. The molecule has 0 aliphatic carbocycles. The number of carbonyl (C=O) groups is 1. The first-order chi connectivity index (χ1) is 12.4. The number of nitrogens with one attached hydrogen (secondary N) is 1. The largest absolute Gasteiger partial charge is 0.342 e. The van der Waals surface area contributed by atoms with E-state index < -0.39 is 0 Å². The van der Waals surface area contributed by atoms with Gasteiger partial charge in [-0.15, -0.1) is 0 Å². The van der Waals surface area contributed by atoms with E-state index in [1.165, 1.54) is 5.56 Å². The summed E-state index contributed by atoms with van der Waals surface area (Å²) in [6, 6.07) is 14.6. The van der Waals surface area contributed by atoms with E-state index in [9.17, 15) is 4.79 Å². The Hall–Kier alpha value is -2.62. The Labute approximate surface area is 155 Å². The van der Waals surface area contributed by atoms with E-state index in [0.29, 0.717) is 12.2 Å². The number of fused-ring (bicyclic) bond motifs is 1. The van der Waals surface area contributed by atoms with Crippen LogP contribution in [0.15, 0.2) is 48.7 Å². The molecule has 2 aromatic heterocycles. The van der Waals surface area contributed by atoms with Gasteiger partial charge in [0, 0.05) is 19.2 Å². The van der Waals surface area contributed by atoms with Crippen molar-refractivity contribution in [1.29, 1.82) is 0 Å². The first kappa shape index (κ1) is 18.2. The number of aryl methyl sites for hydroxylation is 1. The van der Waals surface area contributed by atoms with Crippen molar-refractivity contribution < 1.29 is 4.79 Å². The van der Waals surface area contributed by atoms with Gasteiger partial charge in [0.1, 0.15) is 5.82 Å². The highest BCUT2D eigenvalue weighted by molar-refractivity contribution is 5.92. The molecule has 1 N–H and O–H groups in total. The lowest BCUT2D eigenvalue weighted by Crippen LogP contribution is -2.21. The molecule has 0 atom stereocenters. The molecule has 0 aliphatic heterocycles. The zero-order chi connectivity index (χ0) is 18.7. The van der Waals surface area contributed by atoms with Gasteiger partial charge in [0.25, 0.3) is 0 Å². The SMILES string of the molecule is CCc1cc2c(ccn2Cc2ccccc2)nc1NC(=O)CC(C)(C)C. The summed E-state index contributed by atoms with van der Waals surface area (Å²) in [6.45, 7) is 9.09. The van der Waals surface area contributed by atoms with Crippen LogP contribution in [0.1, 0.15) is 45.2 Å². The minimum absolute atomic E-state index is 0.0165. The minimum Gasteiger partial charge on any atom is -0.342 e. The fourth-order valence-corrected chi connectivity index (χ4v) is 3.10. The Kier molecular flexibility index (Phi) is 5.12. The normalized spacial score (nSPS) is 11.7. The van der Waals surface area contributed by atoms with Crippen molar-refractivity contribution in [1.82, 2.24) is 9.55 Å². The lowest BCUT2D eigenvalue weighted by molar-refractivity contribution is -0.117. The third-order valence-corrected chi connectivity index (χ3v) is 4.36. The first-order valence-electron chi connectivity index (χ1n) is 9.18. The lowest BCUT2D eigenvalue weighted by Gasteiger charge is -2.18. The Bertz CT molecular complexity index is 904. The zero-order valence-electron chi connectivity index (χ0n) is 16.0. The van der Waals surface area contributed by atoms with Crippen LogP contribution < -0.4 is 5.32 Å². The predicted molar refractivity (Wildman–Crippen MR) is 107 cm³/mol. The van der Waals surface area contributed by atoms with E-state index >= 15 is 0 Å². The summed E-state index contributed by atoms with van der Waals surface area (Å²) >= 11 is 0. The molecule has 2 heterocycles. The number of pyridine rings is 1. The van der Waals surface area contributed by atoms with Crippen molar-refractivity contribution in [3.05, 3.63) is 59.8 Å². The molecular weight excluding hydrogens is 322 g/mol. The van der Waals surface area contributed by atoms with Crippen molar-refractivity contribution in [2.24, 2.45) is 5.41 Å². The van der Waals surface area contributed by atoms with Crippen LogP contribution in [0, 0.1) is 5.41 Å². The molecule has 0 unspecified atom stereocenters. The molecule has 0 saturated heterocycles. The number of carbonyl (C=O) groups excluding carboxylic acids is 1. The maximum absolute atomic E-state index is 12.3. The molecule has 4 nitrogen and oxygen atoms in total. The maximum atomic E-state index is 12.3. The second-order valence-electron chi connectivity index (χ2n) is 7.97. The highest BCUT2D eigenvalue weighted by atomic mass is 16.1. The van der Waals surface area contributed by atoms with Crippen LogP contribution in [-0.4, -0.2) is 15.5 Å². The maximum Gasteiger partial charge on any atom is 0.226 e. The van der Waals surface area contributed by atoms with Gasteiger partial charge in [0.15, 0.2) is 0 Å². The highest BCUT2D eigenvalue weighted by Gasteiger charge is 2.18. The number of nitrogens with zero attached hydrogens (tertiary/aromatic N) is 2. The van der Waals surface area contributed by atoms with Crippen LogP contribution in [0.3, 0.4) is 0 Å². The molecule has 4 heteroatoms. The number of rotatable bonds is 5. The number of anilines is 1. The lowest BCUT2D eigenvalue weighted by atomic mass is 9.92. The van der Waals surface area contributed by atoms with Crippen LogP contribution >= 0.6 is 0 Å². The molecule has 26 heavy (non-hydrogen) atoms. The summed E-state index contributed by atoms with van der Waals surface area (Å²) in [5.74, 6) is 0.703. The quantitative estimate of drug-likeness (QED) is 0.703. The molecule has 0 fully saturated rings. The van der Waals surface area contributed by atoms with Gasteiger partial charge < -0.3 is 9.88 Å². The topological polar surface area (TPSA) is 46.9 Å². The highest BCUT2D eigenvalue weighted by Crippen LogP contribution is 2.25. The van der Waals surface area contributed by atoms with Crippen molar-refractivity contribution in [2.75, 3.05) is 5.32 Å². The Morgan fingerprint density at radius 2 is 1.88 bits per heavy atom. The number of aromatic nitrogens is 2. The summed E-state index contributed by atoms with van der Waals surface area (Å²) in [6.07, 6.45) is 3.36. The summed E-state index contributed by atoms with van der Waals surface area (Å²) in [4.78, 5) is 17.0. The monoisotopic (exact) mass is 349 g/mol. The van der Waals surface area contributed by atoms with E-state index in [2.05, 4.69) is 74.1 Å². The summed E-state index contributed by atoms with van der Waals surface area (Å²) in [5.41, 5.74) is 4.28. The van der Waals surface area contributed by atoms with Crippen molar-refractivity contribution in [3.8, 4) is 0 Å². The van der Waals surface area contributed by atoms with E-state index in [1.54, 1.807) is 0 Å². The molecule has 136 valence electrons. The molecular formula is C22H27N3O. The number of hydrogen-bond donors (Lipinski definition) is 1. The second kappa shape index (κ2) is 7.32. The van der Waals surface area contributed by atoms with Crippen molar-refractivity contribution in [2.45, 2.75) is 47.1 Å². The minimum atomic E-state index is -0.0421. The van der Waals surface area contributed by atoms with E-state index in [1.807, 2.05) is 12.1 Å². The third kappa shape index (κ3) is 4.31. The van der Waals surface area contributed by atoms with Crippen LogP contribution in [-0.2, 0) is 17.8 Å². The zero-order valence-corrected chi connectivity index (χ0v) is 16.0. The Morgan fingerprint density at radius 1 is 1.15 bits per heavy atom. The molecule has 0 saturated carbocycles. The van der Waals surface area contributed by atoms with Crippen molar-refractivity contribution >= 4 is 22.8 Å². The summed E-state index contributed by atoms with van der Waals surface area (Å²) < 4.78 is 2.21. The van der Waals surface area contributed by atoms with Gasteiger partial charge in [-0.3, -0.25) is 4.79 Å². The predicted octanol–water partition coefficient (Wildman–Crippen LogP) is 5.02. The second-order valence-corrected chi connectivity index (χ2v) is 7.97. The standard InChI is InChI=1S/C22H27N3O/c1-5-17-13-19-18(23-21(17)24-20(26)14-22(2,3)4)11-12-25(19)15-16-9-7-6-8-10-16/h6-13H,5,14-15H2,1-4H3,(H,23,24,26). The average Bonchev–Trinajstić information content (AvgIpc) is 2.95. The summed E-state index contributed by atoms with van der Waals surface area (Å²) in [5, 5.41) is 3.01. The van der Waals surface area contributed by atoms with Crippen LogP contribution in [0.5, 0.6) is 0 Å². The fourth-order valence-electron chi connectivity index (χ4n) is 3.10. The van der Waals surface area contributed by atoms with Crippen molar-refractivity contribution in [3.63, 3.8) is 0 Å². The Morgan fingerprint density at radius 3 is 2.54 bits per heavy atom. The average molecular weight is 349 g/mol. The van der Waals surface area contributed by atoms with Crippen LogP contribution in [0.4, 0.5) is 5.82 Å². The molecule has 0 radical (unpaired) electrons. The first-order valence-corrected chi connectivity index (χ1v) is 9.18. The van der Waals surface area contributed by atoms with Gasteiger partial charge >= 0.3 is 0 Å². The molecule has 0 spiro atoms. The van der Waals surface area contributed by atoms with Gasteiger partial charge in [0.2, 0.25) is 5.91 Å². The third-order valence-electron chi connectivity index (χ3n) is 4.36. The number of amides is 1. The number of hydrogen-bond acceptors (Lipinski definition) is 2. The number of benzene rings is 1. The smallest absolute Gasteiger partial charge is 0.226 e. The Balaban J connectivity index is 1.89. The van der Waals surface area contributed by atoms with E-state index in [0.717, 1.165) is 29.6 Å². The van der Waals surface area contributed by atoms with E-state index in [4.69, 9.17) is 4.98 Å². The van der Waals surface area contributed by atoms with Gasteiger partial charge in [-0.25, -0.2) is 4.98 Å². The fraction of sp³-hybridized carbons (Fsp3) is 0.364. The molecule has 1 amide bonds. The van der Waals surface area contributed by atoms with Crippen LogP contribution in [0.25, 0.3) is 11.0 Å². The summed E-state index contributed by atoms with van der Waals surface area (Å²) in [7, 11) is 0. The molecule has 3 aromatic rings. The molecule has 1 aromatic carbocycles. The van der Waals surface area contributed by atoms with Crippen LogP contribution in [0.2, 0.25) is 0 Å². The van der Waals surface area contributed by atoms with E-state index in [-0.39, 0.29) is 11.3 Å². The van der Waals surface area contributed by atoms with Gasteiger partial charge in [-0.2, -0.15) is 0 Å². The molecule has 3 rings (SSSR count). The van der Waals surface area contributed by atoms with Gasteiger partial charge in [-0.1, -0.05) is 58.0 Å². The van der Waals surface area contributed by atoms with Gasteiger partial charge in [0.05, 0.1) is 11.0 Å². The molecule has 0 bridgehead atoms.